The fourth-order valence-electron chi connectivity index (χ4n) is 6.30. The van der Waals surface area contributed by atoms with E-state index >= 15 is 0 Å². The molecule has 2 aromatic rings. The van der Waals surface area contributed by atoms with Crippen molar-refractivity contribution in [3.05, 3.63) is 59.7 Å². The van der Waals surface area contributed by atoms with E-state index in [2.05, 4.69) is 29.6 Å². The number of likely N-dealkylation sites (tertiary alicyclic amines) is 1. The van der Waals surface area contributed by atoms with Crippen LogP contribution in [0.2, 0.25) is 0 Å². The van der Waals surface area contributed by atoms with Crippen LogP contribution in [-0.4, -0.2) is 53.7 Å². The second-order valence-electron chi connectivity index (χ2n) is 10.1. The Labute approximate surface area is 205 Å². The monoisotopic (exact) mass is 476 g/mol. The van der Waals surface area contributed by atoms with Crippen LogP contribution in [0, 0.1) is 17.8 Å². The molecule has 1 saturated heterocycles. The van der Waals surface area contributed by atoms with Crippen molar-refractivity contribution >= 4 is 18.0 Å². The molecule has 3 aliphatic rings. The minimum Gasteiger partial charge on any atom is -0.480 e. The topological polar surface area (TPSA) is 95.9 Å². The van der Waals surface area contributed by atoms with Crippen molar-refractivity contribution < 1.29 is 24.2 Å². The number of hydrogen-bond acceptors (Lipinski definition) is 4. The van der Waals surface area contributed by atoms with E-state index in [0.29, 0.717) is 25.4 Å². The molecular weight excluding hydrogens is 444 g/mol. The highest BCUT2D eigenvalue weighted by Crippen LogP contribution is 2.45. The lowest BCUT2D eigenvalue weighted by Gasteiger charge is -2.27. The zero-order valence-corrected chi connectivity index (χ0v) is 20.0. The molecule has 4 atom stereocenters. The molecule has 2 N–H and O–H groups in total. The average Bonchev–Trinajstić information content (AvgIpc) is 3.53. The van der Waals surface area contributed by atoms with E-state index in [4.69, 9.17) is 4.74 Å². The molecule has 4 unspecified atom stereocenters. The smallest absolute Gasteiger partial charge is 0.407 e. The third-order valence-corrected chi connectivity index (χ3v) is 8.04. The Morgan fingerprint density at radius 3 is 2.37 bits per heavy atom. The zero-order chi connectivity index (χ0) is 24.5. The SMILES string of the molecule is CC(CCNC(=O)OCC1c2ccccc2-c2ccccc21)C(=O)N1CC2CCCC2C1C(=O)O. The number of nitrogens with zero attached hydrogens (tertiary/aromatic N) is 1. The molecule has 1 saturated carbocycles. The molecule has 2 aromatic carbocycles. The summed E-state index contributed by atoms with van der Waals surface area (Å²) in [7, 11) is 0. The van der Waals surface area contributed by atoms with Gasteiger partial charge >= 0.3 is 12.1 Å². The van der Waals surface area contributed by atoms with Crippen LogP contribution in [0.4, 0.5) is 4.79 Å². The van der Waals surface area contributed by atoms with Gasteiger partial charge in [0, 0.05) is 24.9 Å². The van der Waals surface area contributed by atoms with E-state index in [9.17, 15) is 19.5 Å². The molecule has 2 aliphatic carbocycles. The van der Waals surface area contributed by atoms with Gasteiger partial charge in [-0.25, -0.2) is 9.59 Å². The number of aliphatic carboxylic acids is 1. The predicted octanol–water partition coefficient (Wildman–Crippen LogP) is 4.26. The maximum atomic E-state index is 13.0. The summed E-state index contributed by atoms with van der Waals surface area (Å²) in [5, 5.41) is 12.5. The first-order valence-electron chi connectivity index (χ1n) is 12.6. The van der Waals surface area contributed by atoms with Crippen LogP contribution >= 0.6 is 0 Å². The van der Waals surface area contributed by atoms with Crippen molar-refractivity contribution in [3.63, 3.8) is 0 Å². The molecule has 1 aliphatic heterocycles. The van der Waals surface area contributed by atoms with Gasteiger partial charge in [0.05, 0.1) is 0 Å². The molecular formula is C28H32N2O5. The maximum Gasteiger partial charge on any atom is 0.407 e. The molecule has 0 aromatic heterocycles. The highest BCUT2D eigenvalue weighted by Gasteiger charge is 2.50. The Balaban J connectivity index is 1.11. The summed E-state index contributed by atoms with van der Waals surface area (Å²) in [6.07, 6.45) is 2.84. The van der Waals surface area contributed by atoms with Gasteiger partial charge in [-0.15, -0.1) is 0 Å². The molecule has 5 rings (SSSR count). The Kier molecular flexibility index (Phi) is 6.50. The normalized spacial score (nSPS) is 23.3. The number of carboxylic acid groups (broad SMARTS) is 1. The van der Waals surface area contributed by atoms with Crippen molar-refractivity contribution in [1.82, 2.24) is 10.2 Å². The lowest BCUT2D eigenvalue weighted by atomic mass is 9.94. The van der Waals surface area contributed by atoms with Crippen LogP contribution in [0.1, 0.15) is 49.7 Å². The maximum absolute atomic E-state index is 13.0. The third kappa shape index (κ3) is 4.40. The van der Waals surface area contributed by atoms with E-state index < -0.39 is 18.1 Å². The van der Waals surface area contributed by atoms with Gasteiger partial charge in [-0.05, 0) is 53.4 Å². The number of carbonyl (C=O) groups is 3. The molecule has 0 spiro atoms. The summed E-state index contributed by atoms with van der Waals surface area (Å²) in [4.78, 5) is 38.8. The van der Waals surface area contributed by atoms with E-state index in [1.165, 1.54) is 11.1 Å². The van der Waals surface area contributed by atoms with E-state index in [1.54, 1.807) is 11.8 Å². The summed E-state index contributed by atoms with van der Waals surface area (Å²) in [6.45, 7) is 2.87. The minimum absolute atomic E-state index is 0.00350. The molecule has 1 heterocycles. The van der Waals surface area contributed by atoms with Crippen molar-refractivity contribution in [3.8, 4) is 11.1 Å². The molecule has 7 heteroatoms. The Morgan fingerprint density at radius 1 is 1.06 bits per heavy atom. The first-order valence-corrected chi connectivity index (χ1v) is 12.6. The molecule has 2 fully saturated rings. The number of nitrogens with one attached hydrogen (secondary N) is 1. The number of carboxylic acids is 1. The lowest BCUT2D eigenvalue weighted by Crippen LogP contribution is -2.45. The van der Waals surface area contributed by atoms with Gasteiger partial charge < -0.3 is 20.1 Å². The van der Waals surface area contributed by atoms with Crippen molar-refractivity contribution in [1.29, 1.82) is 0 Å². The second-order valence-corrected chi connectivity index (χ2v) is 10.1. The standard InChI is InChI=1S/C28H32N2O5/c1-17(26(31)30-15-18-7-6-12-19(18)25(30)27(32)33)13-14-29-28(34)35-16-24-22-10-4-2-8-20(22)21-9-3-5-11-23(21)24/h2-5,8-11,17-19,24-25H,6-7,12-16H2,1H3,(H,29,34)(H,32,33). The van der Waals surface area contributed by atoms with Gasteiger partial charge in [0.15, 0.2) is 0 Å². The summed E-state index contributed by atoms with van der Waals surface area (Å²) in [5.41, 5.74) is 4.67. The van der Waals surface area contributed by atoms with Crippen molar-refractivity contribution in [2.45, 2.75) is 44.6 Å². The summed E-state index contributed by atoms with van der Waals surface area (Å²) < 4.78 is 5.56. The first-order chi connectivity index (χ1) is 17.0. The van der Waals surface area contributed by atoms with Gasteiger partial charge in [-0.3, -0.25) is 4.79 Å². The molecule has 7 nitrogen and oxygen atoms in total. The van der Waals surface area contributed by atoms with Gasteiger partial charge in [-0.2, -0.15) is 0 Å². The summed E-state index contributed by atoms with van der Waals surface area (Å²) in [6, 6.07) is 15.6. The van der Waals surface area contributed by atoms with Gasteiger partial charge in [0.1, 0.15) is 12.6 Å². The zero-order valence-electron chi connectivity index (χ0n) is 20.0. The van der Waals surface area contributed by atoms with Gasteiger partial charge in [-0.1, -0.05) is 61.9 Å². The first kappa shape index (κ1) is 23.4. The van der Waals surface area contributed by atoms with Crippen LogP contribution in [0.15, 0.2) is 48.5 Å². The third-order valence-electron chi connectivity index (χ3n) is 8.04. The second kappa shape index (κ2) is 9.72. The van der Waals surface area contributed by atoms with Crippen LogP contribution in [0.5, 0.6) is 0 Å². The Bertz CT molecular complexity index is 1090. The largest absolute Gasteiger partial charge is 0.480 e. The number of benzene rings is 2. The van der Waals surface area contributed by atoms with Crippen molar-refractivity contribution in [2.24, 2.45) is 17.8 Å². The Hall–Kier alpha value is -3.35. The highest BCUT2D eigenvalue weighted by molar-refractivity contribution is 5.86. The molecule has 35 heavy (non-hydrogen) atoms. The number of alkyl carbamates (subject to hydrolysis) is 1. The molecule has 0 radical (unpaired) electrons. The Morgan fingerprint density at radius 2 is 1.71 bits per heavy atom. The fourth-order valence-corrected chi connectivity index (χ4v) is 6.30. The van der Waals surface area contributed by atoms with Crippen LogP contribution in [0.3, 0.4) is 0 Å². The number of rotatable bonds is 7. The number of fused-ring (bicyclic) bond motifs is 4. The van der Waals surface area contributed by atoms with Gasteiger partial charge in [0.2, 0.25) is 5.91 Å². The number of amides is 2. The summed E-state index contributed by atoms with van der Waals surface area (Å²) in [5.74, 6) is -1.05. The van der Waals surface area contributed by atoms with E-state index in [-0.39, 0.29) is 30.3 Å². The van der Waals surface area contributed by atoms with E-state index in [1.807, 2.05) is 24.3 Å². The number of ether oxygens (including phenoxy) is 1. The lowest BCUT2D eigenvalue weighted by molar-refractivity contribution is -0.151. The quantitative estimate of drug-likeness (QED) is 0.622. The minimum atomic E-state index is -0.906. The van der Waals surface area contributed by atoms with Crippen LogP contribution < -0.4 is 5.32 Å². The number of carbonyl (C=O) groups excluding carboxylic acids is 2. The average molecular weight is 477 g/mol. The fraction of sp³-hybridized carbons (Fsp3) is 0.464. The van der Waals surface area contributed by atoms with Crippen LogP contribution in [-0.2, 0) is 14.3 Å². The molecule has 0 bridgehead atoms. The highest BCUT2D eigenvalue weighted by atomic mass is 16.5. The number of hydrogen-bond donors (Lipinski definition) is 2. The molecule has 184 valence electrons. The van der Waals surface area contributed by atoms with Crippen molar-refractivity contribution in [2.75, 3.05) is 19.7 Å². The van der Waals surface area contributed by atoms with Crippen LogP contribution in [0.25, 0.3) is 11.1 Å². The van der Waals surface area contributed by atoms with Gasteiger partial charge in [0.25, 0.3) is 0 Å². The predicted molar refractivity (Wildman–Crippen MR) is 131 cm³/mol. The summed E-state index contributed by atoms with van der Waals surface area (Å²) >= 11 is 0. The van der Waals surface area contributed by atoms with E-state index in [0.717, 1.165) is 30.4 Å². The molecule has 2 amide bonds.